The van der Waals surface area contributed by atoms with Gasteiger partial charge in [0.2, 0.25) is 5.91 Å². The van der Waals surface area contributed by atoms with E-state index in [2.05, 4.69) is 17.4 Å². The van der Waals surface area contributed by atoms with Crippen molar-refractivity contribution in [2.24, 2.45) is 5.73 Å². The van der Waals surface area contributed by atoms with Crippen molar-refractivity contribution in [3.8, 4) is 11.5 Å². The van der Waals surface area contributed by atoms with Crippen LogP contribution in [0, 0.1) is 0 Å². The summed E-state index contributed by atoms with van der Waals surface area (Å²) in [4.78, 5) is 12.9. The zero-order valence-corrected chi connectivity index (χ0v) is 16.4. The normalized spacial score (nSPS) is 12.0. The van der Waals surface area contributed by atoms with Gasteiger partial charge in [-0.1, -0.05) is 36.4 Å². The zero-order valence-electron chi connectivity index (χ0n) is 16.4. The smallest absolute Gasteiger partial charge is 0.231 e. The molecule has 2 aromatic rings. The lowest BCUT2D eigenvalue weighted by Crippen LogP contribution is -2.32. The van der Waals surface area contributed by atoms with Crippen LogP contribution in [0.25, 0.3) is 0 Å². The van der Waals surface area contributed by atoms with Crippen LogP contribution in [-0.2, 0) is 17.9 Å². The highest BCUT2D eigenvalue weighted by Crippen LogP contribution is 2.28. The largest absolute Gasteiger partial charge is 0.493 e. The van der Waals surface area contributed by atoms with Gasteiger partial charge in [-0.05, 0) is 30.3 Å². The SMILES string of the molecule is COc1ccc(CNCC(N)=O)cc1OC[C@H](O)CN(C)Cc1ccccc1. The van der Waals surface area contributed by atoms with E-state index in [1.807, 2.05) is 42.3 Å². The van der Waals surface area contributed by atoms with E-state index >= 15 is 0 Å². The third-order valence-electron chi connectivity index (χ3n) is 4.11. The van der Waals surface area contributed by atoms with Gasteiger partial charge in [-0.15, -0.1) is 0 Å². The van der Waals surface area contributed by atoms with Gasteiger partial charge in [0, 0.05) is 19.6 Å². The lowest BCUT2D eigenvalue weighted by molar-refractivity contribution is -0.117. The Balaban J connectivity index is 1.86. The molecule has 4 N–H and O–H groups in total. The predicted octanol–water partition coefficient (Wildman–Crippen LogP) is 1.14. The first-order valence-electron chi connectivity index (χ1n) is 9.17. The van der Waals surface area contributed by atoms with Gasteiger partial charge in [0.05, 0.1) is 13.7 Å². The van der Waals surface area contributed by atoms with Crippen LogP contribution in [0.2, 0.25) is 0 Å². The first kappa shape index (κ1) is 21.7. The average Bonchev–Trinajstić information content (AvgIpc) is 2.67. The Morgan fingerprint density at radius 3 is 2.61 bits per heavy atom. The number of nitrogens with one attached hydrogen (secondary N) is 1. The van der Waals surface area contributed by atoms with Gasteiger partial charge in [-0.2, -0.15) is 0 Å². The van der Waals surface area contributed by atoms with Crippen molar-refractivity contribution in [1.82, 2.24) is 10.2 Å². The standard InChI is InChI=1S/C21H29N3O4/c1-24(13-16-6-4-3-5-7-16)14-18(25)15-28-20-10-17(8-9-19(20)27-2)11-23-12-21(22)26/h3-10,18,23,25H,11-15H2,1-2H3,(H2,22,26)/t18-/m1/s1. The van der Waals surface area contributed by atoms with Crippen molar-refractivity contribution >= 4 is 5.91 Å². The Bertz CT molecular complexity index is 740. The summed E-state index contributed by atoms with van der Waals surface area (Å²) in [5.74, 6) is 0.724. The van der Waals surface area contributed by atoms with Crippen LogP contribution in [-0.4, -0.2) is 55.9 Å². The monoisotopic (exact) mass is 387 g/mol. The number of rotatable bonds is 12. The van der Waals surface area contributed by atoms with E-state index in [1.54, 1.807) is 13.2 Å². The van der Waals surface area contributed by atoms with Crippen LogP contribution in [0.3, 0.4) is 0 Å². The molecule has 2 rings (SSSR count). The quantitative estimate of drug-likeness (QED) is 0.505. The molecule has 0 aliphatic carbocycles. The van der Waals surface area contributed by atoms with Crippen molar-refractivity contribution in [2.45, 2.75) is 19.2 Å². The molecular weight excluding hydrogens is 358 g/mol. The lowest BCUT2D eigenvalue weighted by Gasteiger charge is -2.21. The van der Waals surface area contributed by atoms with E-state index in [4.69, 9.17) is 15.2 Å². The number of carbonyl (C=O) groups is 1. The van der Waals surface area contributed by atoms with Crippen molar-refractivity contribution in [2.75, 3.05) is 33.9 Å². The number of hydrogen-bond acceptors (Lipinski definition) is 6. The van der Waals surface area contributed by atoms with Gasteiger partial charge < -0.3 is 25.6 Å². The second-order valence-corrected chi connectivity index (χ2v) is 6.70. The number of likely N-dealkylation sites (N-methyl/N-ethyl adjacent to an activating group) is 1. The van der Waals surface area contributed by atoms with Crippen LogP contribution < -0.4 is 20.5 Å². The van der Waals surface area contributed by atoms with Gasteiger partial charge in [0.1, 0.15) is 12.7 Å². The zero-order chi connectivity index (χ0) is 20.4. The summed E-state index contributed by atoms with van der Waals surface area (Å²) in [6.07, 6.45) is -0.643. The Kier molecular flexibility index (Phi) is 8.74. The number of benzene rings is 2. The van der Waals surface area contributed by atoms with Crippen LogP contribution >= 0.6 is 0 Å². The maximum absolute atomic E-state index is 10.8. The molecule has 0 fully saturated rings. The summed E-state index contributed by atoms with van der Waals surface area (Å²) in [6, 6.07) is 15.6. The van der Waals surface area contributed by atoms with Crippen LogP contribution in [0.15, 0.2) is 48.5 Å². The predicted molar refractivity (Wildman–Crippen MR) is 108 cm³/mol. The Hall–Kier alpha value is -2.61. The number of nitrogens with two attached hydrogens (primary N) is 1. The summed E-state index contributed by atoms with van der Waals surface area (Å²) < 4.78 is 11.1. The molecule has 0 saturated heterocycles. The summed E-state index contributed by atoms with van der Waals surface area (Å²) >= 11 is 0. The first-order valence-corrected chi connectivity index (χ1v) is 9.17. The Morgan fingerprint density at radius 2 is 1.93 bits per heavy atom. The maximum Gasteiger partial charge on any atom is 0.231 e. The van der Waals surface area contributed by atoms with E-state index < -0.39 is 12.0 Å². The highest BCUT2D eigenvalue weighted by Gasteiger charge is 2.12. The highest BCUT2D eigenvalue weighted by molar-refractivity contribution is 5.75. The number of nitrogens with zero attached hydrogens (tertiary/aromatic N) is 1. The van der Waals surface area contributed by atoms with Crippen LogP contribution in [0.4, 0.5) is 0 Å². The Labute approximate surface area is 166 Å². The highest BCUT2D eigenvalue weighted by atomic mass is 16.5. The number of aliphatic hydroxyl groups is 1. The second kappa shape index (κ2) is 11.3. The molecule has 0 bridgehead atoms. The maximum atomic E-state index is 10.8. The molecule has 0 aliphatic heterocycles. The molecule has 0 saturated carbocycles. The summed E-state index contributed by atoms with van der Waals surface area (Å²) in [7, 11) is 3.53. The van der Waals surface area contributed by atoms with Gasteiger partial charge in [-0.25, -0.2) is 0 Å². The van der Waals surface area contributed by atoms with E-state index in [0.29, 0.717) is 24.6 Å². The second-order valence-electron chi connectivity index (χ2n) is 6.70. The molecule has 152 valence electrons. The number of hydrogen-bond donors (Lipinski definition) is 3. The number of carbonyl (C=O) groups excluding carboxylic acids is 1. The van der Waals surface area contributed by atoms with Crippen molar-refractivity contribution in [1.29, 1.82) is 0 Å². The molecule has 0 radical (unpaired) electrons. The van der Waals surface area contributed by atoms with E-state index in [9.17, 15) is 9.90 Å². The van der Waals surface area contributed by atoms with Gasteiger partial charge >= 0.3 is 0 Å². The third kappa shape index (κ3) is 7.56. The lowest BCUT2D eigenvalue weighted by atomic mass is 10.2. The van der Waals surface area contributed by atoms with E-state index in [-0.39, 0.29) is 13.2 Å². The summed E-state index contributed by atoms with van der Waals surface area (Å²) in [5.41, 5.74) is 7.24. The minimum atomic E-state index is -0.643. The molecule has 28 heavy (non-hydrogen) atoms. The van der Waals surface area contributed by atoms with Crippen molar-refractivity contribution in [3.63, 3.8) is 0 Å². The fourth-order valence-electron chi connectivity index (χ4n) is 2.83. The fraction of sp³-hybridized carbons (Fsp3) is 0.381. The number of aliphatic hydroxyl groups excluding tert-OH is 1. The van der Waals surface area contributed by atoms with Crippen LogP contribution in [0.5, 0.6) is 11.5 Å². The molecule has 0 unspecified atom stereocenters. The van der Waals surface area contributed by atoms with Gasteiger partial charge in [0.15, 0.2) is 11.5 Å². The average molecular weight is 387 g/mol. The minimum Gasteiger partial charge on any atom is -0.493 e. The summed E-state index contributed by atoms with van der Waals surface area (Å²) in [5, 5.41) is 13.3. The molecule has 0 aromatic heterocycles. The fourth-order valence-corrected chi connectivity index (χ4v) is 2.83. The number of primary amides is 1. The molecule has 2 aromatic carbocycles. The molecule has 0 aliphatic rings. The van der Waals surface area contributed by atoms with Crippen molar-refractivity contribution in [3.05, 3.63) is 59.7 Å². The van der Waals surface area contributed by atoms with E-state index in [1.165, 1.54) is 5.56 Å². The van der Waals surface area contributed by atoms with Gasteiger partial charge in [-0.3, -0.25) is 9.69 Å². The molecule has 7 heteroatoms. The van der Waals surface area contributed by atoms with Crippen LogP contribution in [0.1, 0.15) is 11.1 Å². The third-order valence-corrected chi connectivity index (χ3v) is 4.11. The first-order chi connectivity index (χ1) is 13.5. The van der Waals surface area contributed by atoms with Gasteiger partial charge in [0.25, 0.3) is 0 Å². The van der Waals surface area contributed by atoms with E-state index in [0.717, 1.165) is 12.1 Å². The molecule has 0 heterocycles. The topological polar surface area (TPSA) is 97.0 Å². The van der Waals surface area contributed by atoms with Crippen molar-refractivity contribution < 1.29 is 19.4 Å². The summed E-state index contributed by atoms with van der Waals surface area (Å²) in [6.45, 7) is 1.97. The number of amides is 1. The minimum absolute atomic E-state index is 0.106. The molecule has 7 nitrogen and oxygen atoms in total. The molecular formula is C21H29N3O4. The Morgan fingerprint density at radius 1 is 1.18 bits per heavy atom. The molecule has 1 amide bonds. The molecule has 1 atom stereocenters. The number of ether oxygens (including phenoxy) is 2. The molecule has 0 spiro atoms. The number of methoxy groups -OCH3 is 1.